The van der Waals surface area contributed by atoms with Gasteiger partial charge in [0.2, 0.25) is 0 Å². The van der Waals surface area contributed by atoms with Crippen LogP contribution in [0.4, 0.5) is 0 Å². The molecule has 0 bridgehead atoms. The van der Waals surface area contributed by atoms with Gasteiger partial charge in [0, 0.05) is 0 Å². The van der Waals surface area contributed by atoms with Gasteiger partial charge in [0.05, 0.1) is 12.9 Å². The van der Waals surface area contributed by atoms with Crippen LogP contribution in [0.15, 0.2) is 24.5 Å². The molecule has 0 saturated heterocycles. The van der Waals surface area contributed by atoms with Crippen molar-refractivity contribution in [3.05, 3.63) is 35.6 Å². The van der Waals surface area contributed by atoms with E-state index in [0.717, 1.165) is 29.0 Å². The van der Waals surface area contributed by atoms with E-state index in [0.29, 0.717) is 5.76 Å². The lowest BCUT2D eigenvalue weighted by molar-refractivity contribution is 0.404. The zero-order chi connectivity index (χ0) is 11.4. The van der Waals surface area contributed by atoms with E-state index in [1.165, 1.54) is 0 Å². The predicted molar refractivity (Wildman–Crippen MR) is 62.6 cm³/mol. The molecule has 0 amide bonds. The Kier molecular flexibility index (Phi) is 3.78. The molecule has 0 fully saturated rings. The molecule has 15 heavy (non-hydrogen) atoms. The molecule has 0 N–H and O–H groups in total. The van der Waals surface area contributed by atoms with E-state index in [1.54, 1.807) is 7.11 Å². The van der Waals surface area contributed by atoms with Crippen LogP contribution in [0.2, 0.25) is 0 Å². The van der Waals surface area contributed by atoms with Gasteiger partial charge in [-0.05, 0) is 43.5 Å². The lowest BCUT2D eigenvalue weighted by Crippen LogP contribution is -1.98. The van der Waals surface area contributed by atoms with Gasteiger partial charge in [-0.3, -0.25) is 0 Å². The quantitative estimate of drug-likeness (QED) is 0.702. The monoisotopic (exact) mass is 206 g/mol. The predicted octanol–water partition coefficient (Wildman–Crippen LogP) is 3.48. The molecule has 0 unspecified atom stereocenters. The Bertz CT molecular complexity index is 367. The SMILES string of the molecule is C=C(C)Oc1c(C)cc(OC)cc1CC. The number of hydrogen-bond donors (Lipinski definition) is 0. The molecule has 0 aromatic heterocycles. The first-order valence-electron chi connectivity index (χ1n) is 5.09. The van der Waals surface area contributed by atoms with Crippen LogP contribution in [-0.2, 0) is 6.42 Å². The maximum Gasteiger partial charge on any atom is 0.133 e. The summed E-state index contributed by atoms with van der Waals surface area (Å²) in [5.74, 6) is 2.49. The zero-order valence-electron chi connectivity index (χ0n) is 9.89. The van der Waals surface area contributed by atoms with Gasteiger partial charge in [-0.15, -0.1) is 0 Å². The van der Waals surface area contributed by atoms with Gasteiger partial charge >= 0.3 is 0 Å². The average Bonchev–Trinajstić information content (AvgIpc) is 2.20. The lowest BCUT2D eigenvalue weighted by Gasteiger charge is -2.14. The van der Waals surface area contributed by atoms with Crippen LogP contribution in [0, 0.1) is 6.92 Å². The van der Waals surface area contributed by atoms with Crippen molar-refractivity contribution in [2.75, 3.05) is 7.11 Å². The van der Waals surface area contributed by atoms with Gasteiger partial charge in [0.15, 0.2) is 0 Å². The second-order valence-electron chi connectivity index (χ2n) is 3.59. The summed E-state index contributed by atoms with van der Waals surface area (Å²) < 4.78 is 10.8. The van der Waals surface area contributed by atoms with Crippen molar-refractivity contribution in [1.29, 1.82) is 0 Å². The number of rotatable bonds is 4. The zero-order valence-corrected chi connectivity index (χ0v) is 9.89. The van der Waals surface area contributed by atoms with Crippen molar-refractivity contribution in [3.8, 4) is 11.5 Å². The third-order valence-corrected chi connectivity index (χ3v) is 2.22. The second-order valence-corrected chi connectivity index (χ2v) is 3.59. The molecule has 1 aromatic carbocycles. The van der Waals surface area contributed by atoms with Crippen LogP contribution < -0.4 is 9.47 Å². The Labute approximate surface area is 91.5 Å². The molecule has 0 aliphatic rings. The minimum Gasteiger partial charge on any atom is -0.497 e. The molecule has 0 spiro atoms. The highest BCUT2D eigenvalue weighted by atomic mass is 16.5. The normalized spacial score (nSPS) is 9.87. The molecular weight excluding hydrogens is 188 g/mol. The first kappa shape index (κ1) is 11.6. The molecule has 0 aliphatic heterocycles. The van der Waals surface area contributed by atoms with Gasteiger partial charge in [0.1, 0.15) is 11.5 Å². The molecule has 82 valence electrons. The second kappa shape index (κ2) is 4.87. The summed E-state index contributed by atoms with van der Waals surface area (Å²) >= 11 is 0. The van der Waals surface area contributed by atoms with E-state index in [1.807, 2.05) is 26.0 Å². The molecule has 1 aromatic rings. The smallest absolute Gasteiger partial charge is 0.133 e. The van der Waals surface area contributed by atoms with Crippen LogP contribution in [0.5, 0.6) is 11.5 Å². The fourth-order valence-electron chi connectivity index (χ4n) is 1.51. The fourth-order valence-corrected chi connectivity index (χ4v) is 1.51. The lowest BCUT2D eigenvalue weighted by atomic mass is 10.1. The van der Waals surface area contributed by atoms with Crippen molar-refractivity contribution in [1.82, 2.24) is 0 Å². The molecule has 0 heterocycles. The summed E-state index contributed by atoms with van der Waals surface area (Å²) in [5, 5.41) is 0. The molecule has 2 nitrogen and oxygen atoms in total. The van der Waals surface area contributed by atoms with E-state index in [-0.39, 0.29) is 0 Å². The third-order valence-electron chi connectivity index (χ3n) is 2.22. The summed E-state index contributed by atoms with van der Waals surface area (Å²) in [7, 11) is 1.67. The Morgan fingerprint density at radius 1 is 1.40 bits per heavy atom. The van der Waals surface area contributed by atoms with Crippen molar-refractivity contribution in [2.24, 2.45) is 0 Å². The first-order chi connectivity index (χ1) is 7.08. The Balaban J connectivity index is 3.18. The van der Waals surface area contributed by atoms with Crippen LogP contribution >= 0.6 is 0 Å². The fraction of sp³-hybridized carbons (Fsp3) is 0.385. The Hall–Kier alpha value is -1.44. The standard InChI is InChI=1S/C13H18O2/c1-6-11-8-12(14-5)7-10(4)13(11)15-9(2)3/h7-8H,2,6H2,1,3-5H3. The maximum atomic E-state index is 5.62. The number of ether oxygens (including phenoxy) is 2. The number of benzene rings is 1. The largest absolute Gasteiger partial charge is 0.497 e. The Morgan fingerprint density at radius 2 is 2.07 bits per heavy atom. The van der Waals surface area contributed by atoms with E-state index < -0.39 is 0 Å². The molecule has 1 rings (SSSR count). The molecule has 2 heteroatoms. The molecule has 0 atom stereocenters. The van der Waals surface area contributed by atoms with Crippen LogP contribution in [0.25, 0.3) is 0 Å². The van der Waals surface area contributed by atoms with Crippen molar-refractivity contribution < 1.29 is 9.47 Å². The summed E-state index contributed by atoms with van der Waals surface area (Å²) in [5.41, 5.74) is 2.23. The van der Waals surface area contributed by atoms with E-state index in [2.05, 4.69) is 13.5 Å². The van der Waals surface area contributed by atoms with Crippen LogP contribution in [-0.4, -0.2) is 7.11 Å². The number of hydrogen-bond acceptors (Lipinski definition) is 2. The highest BCUT2D eigenvalue weighted by Gasteiger charge is 2.09. The van der Waals surface area contributed by atoms with E-state index in [4.69, 9.17) is 9.47 Å². The summed E-state index contributed by atoms with van der Waals surface area (Å²) in [4.78, 5) is 0. The van der Waals surface area contributed by atoms with Gasteiger partial charge in [-0.2, -0.15) is 0 Å². The Morgan fingerprint density at radius 3 is 2.53 bits per heavy atom. The minimum absolute atomic E-state index is 0.706. The van der Waals surface area contributed by atoms with Gasteiger partial charge in [-0.1, -0.05) is 13.5 Å². The topological polar surface area (TPSA) is 18.5 Å². The molecule has 0 aliphatic carbocycles. The van der Waals surface area contributed by atoms with E-state index in [9.17, 15) is 0 Å². The summed E-state index contributed by atoms with van der Waals surface area (Å²) in [6.45, 7) is 9.72. The van der Waals surface area contributed by atoms with E-state index >= 15 is 0 Å². The highest BCUT2D eigenvalue weighted by Crippen LogP contribution is 2.30. The number of methoxy groups -OCH3 is 1. The number of allylic oxidation sites excluding steroid dienone is 1. The van der Waals surface area contributed by atoms with Gasteiger partial charge < -0.3 is 9.47 Å². The number of aryl methyl sites for hydroxylation is 2. The molecular formula is C13H18O2. The van der Waals surface area contributed by atoms with Crippen LogP contribution in [0.3, 0.4) is 0 Å². The van der Waals surface area contributed by atoms with Crippen LogP contribution in [0.1, 0.15) is 25.0 Å². The third kappa shape index (κ3) is 2.75. The molecule has 0 saturated carbocycles. The van der Waals surface area contributed by atoms with Gasteiger partial charge in [0.25, 0.3) is 0 Å². The minimum atomic E-state index is 0.706. The van der Waals surface area contributed by atoms with Crippen molar-refractivity contribution in [3.63, 3.8) is 0 Å². The molecule has 0 radical (unpaired) electrons. The van der Waals surface area contributed by atoms with Gasteiger partial charge in [-0.25, -0.2) is 0 Å². The summed E-state index contributed by atoms with van der Waals surface area (Å²) in [6, 6.07) is 3.97. The van der Waals surface area contributed by atoms with Crippen molar-refractivity contribution >= 4 is 0 Å². The maximum absolute atomic E-state index is 5.62. The summed E-state index contributed by atoms with van der Waals surface area (Å²) in [6.07, 6.45) is 0.917. The highest BCUT2D eigenvalue weighted by molar-refractivity contribution is 5.47. The average molecular weight is 206 g/mol. The first-order valence-corrected chi connectivity index (χ1v) is 5.09. The van der Waals surface area contributed by atoms with Crippen molar-refractivity contribution in [2.45, 2.75) is 27.2 Å².